The smallest absolute Gasteiger partial charge is 0.132 e. The normalized spacial score (nSPS) is 11.4. The van der Waals surface area contributed by atoms with Crippen molar-refractivity contribution in [3.8, 4) is 0 Å². The molecule has 2 aromatic rings. The number of benzene rings is 1. The molecule has 0 aliphatic carbocycles. The van der Waals surface area contributed by atoms with Crippen molar-refractivity contribution < 1.29 is 4.39 Å². The van der Waals surface area contributed by atoms with Crippen LogP contribution in [0.15, 0.2) is 23.6 Å². The number of fused-ring (bicyclic) bond motifs is 1. The lowest BCUT2D eigenvalue weighted by atomic mass is 10.1. The Kier molecular flexibility index (Phi) is 2.52. The van der Waals surface area contributed by atoms with Crippen molar-refractivity contribution >= 4 is 21.4 Å². The van der Waals surface area contributed by atoms with Crippen LogP contribution >= 0.6 is 11.3 Å². The van der Waals surface area contributed by atoms with Crippen LogP contribution in [0.2, 0.25) is 0 Å². The van der Waals surface area contributed by atoms with Gasteiger partial charge in [-0.05, 0) is 37.2 Å². The second-order valence-electron chi connectivity index (χ2n) is 3.61. The molecule has 0 N–H and O–H groups in total. The van der Waals surface area contributed by atoms with Gasteiger partial charge in [-0.25, -0.2) is 4.39 Å². The average Bonchev–Trinajstić information content (AvgIpc) is 2.49. The summed E-state index contributed by atoms with van der Waals surface area (Å²) in [6, 6.07) is 5.24. The van der Waals surface area contributed by atoms with E-state index in [1.807, 2.05) is 30.4 Å². The fraction of sp³-hybridized carbons (Fsp3) is 0.273. The third kappa shape index (κ3) is 1.65. The summed E-state index contributed by atoms with van der Waals surface area (Å²) in [5.74, 6) is -0.111. The van der Waals surface area contributed by atoms with Crippen LogP contribution in [-0.2, 0) is 6.54 Å². The molecule has 74 valence electrons. The van der Waals surface area contributed by atoms with E-state index < -0.39 is 0 Å². The zero-order valence-corrected chi connectivity index (χ0v) is 9.07. The minimum absolute atomic E-state index is 0.111. The quantitative estimate of drug-likeness (QED) is 0.734. The highest BCUT2D eigenvalue weighted by atomic mass is 32.1. The lowest BCUT2D eigenvalue weighted by Crippen LogP contribution is -2.10. The zero-order chi connectivity index (χ0) is 10.1. The average molecular weight is 209 g/mol. The summed E-state index contributed by atoms with van der Waals surface area (Å²) in [4.78, 5) is 2.05. The minimum Gasteiger partial charge on any atom is -0.305 e. The fourth-order valence-corrected chi connectivity index (χ4v) is 2.53. The molecule has 1 aromatic carbocycles. The molecule has 0 radical (unpaired) electrons. The summed E-state index contributed by atoms with van der Waals surface area (Å²) in [7, 11) is 3.98. The van der Waals surface area contributed by atoms with Crippen molar-refractivity contribution in [2.24, 2.45) is 0 Å². The van der Waals surface area contributed by atoms with E-state index in [2.05, 4.69) is 0 Å². The third-order valence-electron chi connectivity index (χ3n) is 2.11. The van der Waals surface area contributed by atoms with Gasteiger partial charge in [0.1, 0.15) is 5.82 Å². The van der Waals surface area contributed by atoms with Gasteiger partial charge in [-0.15, -0.1) is 11.3 Å². The van der Waals surface area contributed by atoms with Gasteiger partial charge in [0.2, 0.25) is 0 Å². The summed E-state index contributed by atoms with van der Waals surface area (Å²) >= 11 is 1.60. The molecular formula is C11H12FNS. The number of halogens is 1. The molecule has 0 unspecified atom stereocenters. The van der Waals surface area contributed by atoms with Gasteiger partial charge in [0.25, 0.3) is 0 Å². The highest BCUT2D eigenvalue weighted by molar-refractivity contribution is 7.17. The van der Waals surface area contributed by atoms with Gasteiger partial charge in [-0.2, -0.15) is 0 Å². The number of hydrogen-bond acceptors (Lipinski definition) is 2. The van der Waals surface area contributed by atoms with E-state index in [4.69, 9.17) is 0 Å². The van der Waals surface area contributed by atoms with Crippen LogP contribution in [0.4, 0.5) is 4.39 Å². The lowest BCUT2D eigenvalue weighted by molar-refractivity contribution is 0.404. The molecule has 0 saturated heterocycles. The van der Waals surface area contributed by atoms with E-state index in [1.165, 1.54) is 6.07 Å². The van der Waals surface area contributed by atoms with E-state index in [0.29, 0.717) is 0 Å². The Morgan fingerprint density at radius 3 is 2.86 bits per heavy atom. The molecule has 0 fully saturated rings. The molecular weight excluding hydrogens is 197 g/mol. The molecule has 1 aromatic heterocycles. The molecule has 1 heterocycles. The van der Waals surface area contributed by atoms with Crippen LogP contribution < -0.4 is 0 Å². The Labute approximate surface area is 86.8 Å². The van der Waals surface area contributed by atoms with Gasteiger partial charge in [0.15, 0.2) is 0 Å². The van der Waals surface area contributed by atoms with Crippen molar-refractivity contribution in [3.05, 3.63) is 35.0 Å². The molecule has 0 bridgehead atoms. The summed E-state index contributed by atoms with van der Waals surface area (Å²) in [6.07, 6.45) is 0. The first-order chi connectivity index (χ1) is 6.68. The number of hydrogen-bond donors (Lipinski definition) is 0. The summed E-state index contributed by atoms with van der Waals surface area (Å²) in [5, 5.41) is 2.82. The standard InChI is InChI=1S/C11H12FNS/c1-13(2)6-8-7-14-10-5-3-4-9(12)11(8)10/h3-5,7H,6H2,1-2H3. The van der Waals surface area contributed by atoms with Crippen molar-refractivity contribution in [3.63, 3.8) is 0 Å². The van der Waals surface area contributed by atoms with Crippen molar-refractivity contribution in [2.45, 2.75) is 6.54 Å². The lowest BCUT2D eigenvalue weighted by Gasteiger charge is -2.08. The zero-order valence-electron chi connectivity index (χ0n) is 8.25. The van der Waals surface area contributed by atoms with Gasteiger partial charge < -0.3 is 4.90 Å². The largest absolute Gasteiger partial charge is 0.305 e. The monoisotopic (exact) mass is 209 g/mol. The van der Waals surface area contributed by atoms with Crippen molar-refractivity contribution in [1.29, 1.82) is 0 Å². The number of thiophene rings is 1. The van der Waals surface area contributed by atoms with Crippen LogP contribution in [0.5, 0.6) is 0 Å². The molecule has 0 atom stereocenters. The summed E-state index contributed by atoms with van der Waals surface area (Å²) in [6.45, 7) is 0.793. The van der Waals surface area contributed by atoms with Gasteiger partial charge in [0.05, 0.1) is 0 Å². The SMILES string of the molecule is CN(C)Cc1csc2cccc(F)c12. The highest BCUT2D eigenvalue weighted by Crippen LogP contribution is 2.28. The van der Waals surface area contributed by atoms with Crippen LogP contribution in [0.3, 0.4) is 0 Å². The highest BCUT2D eigenvalue weighted by Gasteiger charge is 2.08. The molecule has 0 amide bonds. The van der Waals surface area contributed by atoms with Crippen molar-refractivity contribution in [1.82, 2.24) is 4.90 Å². The van der Waals surface area contributed by atoms with Crippen molar-refractivity contribution in [2.75, 3.05) is 14.1 Å². The van der Waals surface area contributed by atoms with E-state index in [0.717, 1.165) is 22.2 Å². The van der Waals surface area contributed by atoms with Gasteiger partial charge >= 0.3 is 0 Å². The molecule has 2 rings (SSSR count). The maximum atomic E-state index is 13.5. The van der Waals surface area contributed by atoms with E-state index in [1.54, 1.807) is 17.4 Å². The van der Waals surface area contributed by atoms with Gasteiger partial charge in [-0.1, -0.05) is 6.07 Å². The topological polar surface area (TPSA) is 3.24 Å². The Bertz CT molecular complexity index is 447. The Hall–Kier alpha value is -0.930. The maximum Gasteiger partial charge on any atom is 0.132 e. The molecule has 0 saturated carbocycles. The predicted octanol–water partition coefficient (Wildman–Crippen LogP) is 3.10. The van der Waals surface area contributed by atoms with Crippen LogP contribution in [0.25, 0.3) is 10.1 Å². The second-order valence-corrected chi connectivity index (χ2v) is 4.52. The maximum absolute atomic E-state index is 13.5. The predicted molar refractivity (Wildman–Crippen MR) is 59.2 cm³/mol. The first kappa shape index (κ1) is 9.62. The molecule has 3 heteroatoms. The third-order valence-corrected chi connectivity index (χ3v) is 3.11. The Morgan fingerprint density at radius 1 is 1.36 bits per heavy atom. The summed E-state index contributed by atoms with van der Waals surface area (Å²) in [5.41, 5.74) is 1.08. The minimum atomic E-state index is -0.111. The second kappa shape index (κ2) is 3.67. The molecule has 14 heavy (non-hydrogen) atoms. The first-order valence-corrected chi connectivity index (χ1v) is 5.36. The molecule has 0 aliphatic rings. The molecule has 0 spiro atoms. The number of rotatable bonds is 2. The van der Waals surface area contributed by atoms with Crippen LogP contribution in [-0.4, -0.2) is 19.0 Å². The Balaban J connectivity index is 2.55. The van der Waals surface area contributed by atoms with Gasteiger partial charge in [0, 0.05) is 16.6 Å². The van der Waals surface area contributed by atoms with Gasteiger partial charge in [-0.3, -0.25) is 0 Å². The molecule has 1 nitrogen and oxygen atoms in total. The van der Waals surface area contributed by atoms with Crippen LogP contribution in [0.1, 0.15) is 5.56 Å². The fourth-order valence-electron chi connectivity index (χ4n) is 1.56. The first-order valence-electron chi connectivity index (χ1n) is 4.48. The Morgan fingerprint density at radius 2 is 2.14 bits per heavy atom. The summed E-state index contributed by atoms with van der Waals surface area (Å²) < 4.78 is 14.5. The van der Waals surface area contributed by atoms with E-state index >= 15 is 0 Å². The van der Waals surface area contributed by atoms with E-state index in [-0.39, 0.29) is 5.82 Å². The molecule has 0 aliphatic heterocycles. The van der Waals surface area contributed by atoms with E-state index in [9.17, 15) is 4.39 Å². The number of nitrogens with zero attached hydrogens (tertiary/aromatic N) is 1. The van der Waals surface area contributed by atoms with Crippen LogP contribution in [0, 0.1) is 5.82 Å².